The molecule has 1 rings (SSSR count). The molecule has 1 saturated carbocycles. The van der Waals surface area contributed by atoms with E-state index in [0.717, 1.165) is 19.5 Å². The summed E-state index contributed by atoms with van der Waals surface area (Å²) in [6.07, 6.45) is 9.36. The van der Waals surface area contributed by atoms with Crippen LogP contribution in [0, 0.1) is 16.7 Å². The highest BCUT2D eigenvalue weighted by atomic mass is 32.2. The fourth-order valence-corrected chi connectivity index (χ4v) is 2.28. The Balaban J connectivity index is 1.87. The van der Waals surface area contributed by atoms with Gasteiger partial charge in [0.25, 0.3) is 0 Å². The summed E-state index contributed by atoms with van der Waals surface area (Å²) in [4.78, 5) is 0. The van der Waals surface area contributed by atoms with Gasteiger partial charge in [-0.1, -0.05) is 6.42 Å². The van der Waals surface area contributed by atoms with E-state index in [9.17, 15) is 0 Å². The zero-order valence-corrected chi connectivity index (χ0v) is 10.5. The van der Waals surface area contributed by atoms with Gasteiger partial charge >= 0.3 is 0 Å². The number of hydrogen-bond acceptors (Lipinski definition) is 3. The summed E-state index contributed by atoms with van der Waals surface area (Å²) >= 11 is 1.93. The molecule has 0 aromatic heterocycles. The predicted molar refractivity (Wildman–Crippen MR) is 67.0 cm³/mol. The highest BCUT2D eigenvalue weighted by Crippen LogP contribution is 2.47. The van der Waals surface area contributed by atoms with Crippen molar-refractivity contribution < 1.29 is 0 Å². The zero-order valence-electron chi connectivity index (χ0n) is 9.72. The summed E-state index contributed by atoms with van der Waals surface area (Å²) in [5.74, 6) is 1.29. The fourth-order valence-electron chi connectivity index (χ4n) is 1.79. The fraction of sp³-hybridized carbons (Fsp3) is 0.917. The van der Waals surface area contributed by atoms with E-state index in [1.165, 1.54) is 37.9 Å². The minimum atomic E-state index is 0.369. The van der Waals surface area contributed by atoms with Gasteiger partial charge in [-0.3, -0.25) is 0 Å². The van der Waals surface area contributed by atoms with Gasteiger partial charge in [-0.15, -0.1) is 0 Å². The van der Waals surface area contributed by atoms with E-state index in [4.69, 9.17) is 5.26 Å². The summed E-state index contributed by atoms with van der Waals surface area (Å²) in [6, 6.07) is 2.30. The number of nitriles is 1. The highest BCUT2D eigenvalue weighted by Gasteiger charge is 2.41. The highest BCUT2D eigenvalue weighted by molar-refractivity contribution is 7.98. The number of nitrogens with zero attached hydrogens (tertiary/aromatic N) is 1. The van der Waals surface area contributed by atoms with Gasteiger partial charge in [-0.25, -0.2) is 0 Å². The Hall–Kier alpha value is -0.200. The number of nitrogens with one attached hydrogen (secondary N) is 1. The molecule has 2 nitrogen and oxygen atoms in total. The van der Waals surface area contributed by atoms with Crippen LogP contribution in [0.2, 0.25) is 0 Å². The minimum Gasteiger partial charge on any atom is -0.316 e. The molecule has 0 amide bonds. The molecule has 1 aliphatic rings. The maximum absolute atomic E-state index is 8.66. The van der Waals surface area contributed by atoms with Crippen LogP contribution in [0.3, 0.4) is 0 Å². The maximum Gasteiger partial charge on any atom is 0.0628 e. The number of hydrogen-bond donors (Lipinski definition) is 1. The van der Waals surface area contributed by atoms with E-state index in [-0.39, 0.29) is 0 Å². The molecular formula is C12H22N2S. The third kappa shape index (κ3) is 5.44. The molecule has 1 N–H and O–H groups in total. The van der Waals surface area contributed by atoms with Crippen molar-refractivity contribution >= 4 is 11.8 Å². The molecule has 0 radical (unpaired) electrons. The SMILES string of the molecule is CSCCCCCNCC1(CC#N)CC1. The molecule has 15 heavy (non-hydrogen) atoms. The van der Waals surface area contributed by atoms with E-state index in [1.54, 1.807) is 0 Å². The van der Waals surface area contributed by atoms with Crippen molar-refractivity contribution in [3.05, 3.63) is 0 Å². The summed E-state index contributed by atoms with van der Waals surface area (Å²) in [5, 5.41) is 12.2. The van der Waals surface area contributed by atoms with E-state index in [2.05, 4.69) is 17.6 Å². The van der Waals surface area contributed by atoms with Gasteiger partial charge in [0.1, 0.15) is 0 Å². The van der Waals surface area contributed by atoms with Crippen LogP contribution in [0.1, 0.15) is 38.5 Å². The second-order valence-electron chi connectivity index (χ2n) is 4.57. The molecule has 1 fully saturated rings. The van der Waals surface area contributed by atoms with Crippen molar-refractivity contribution in [1.82, 2.24) is 5.32 Å². The first-order chi connectivity index (χ1) is 7.33. The lowest BCUT2D eigenvalue weighted by Gasteiger charge is -2.11. The molecule has 0 spiro atoms. The average Bonchev–Trinajstić information content (AvgIpc) is 2.98. The van der Waals surface area contributed by atoms with E-state index in [1.807, 2.05) is 11.8 Å². The molecule has 0 bridgehead atoms. The molecule has 0 atom stereocenters. The van der Waals surface area contributed by atoms with Crippen LogP contribution in [-0.4, -0.2) is 25.1 Å². The Kier molecular flexibility index (Phi) is 6.12. The van der Waals surface area contributed by atoms with Gasteiger partial charge in [0.05, 0.1) is 6.07 Å². The van der Waals surface area contributed by atoms with Gasteiger partial charge < -0.3 is 5.32 Å². The monoisotopic (exact) mass is 226 g/mol. The van der Waals surface area contributed by atoms with Gasteiger partial charge in [0.15, 0.2) is 0 Å². The van der Waals surface area contributed by atoms with Crippen molar-refractivity contribution in [1.29, 1.82) is 5.26 Å². The molecule has 0 aromatic rings. The molecule has 0 aromatic carbocycles. The smallest absolute Gasteiger partial charge is 0.0628 e. The maximum atomic E-state index is 8.66. The topological polar surface area (TPSA) is 35.8 Å². The van der Waals surface area contributed by atoms with Crippen LogP contribution in [0.25, 0.3) is 0 Å². The summed E-state index contributed by atoms with van der Waals surface area (Å²) in [6.45, 7) is 2.19. The Labute approximate surface area is 97.8 Å². The molecule has 0 aliphatic heterocycles. The Morgan fingerprint density at radius 1 is 1.33 bits per heavy atom. The molecule has 0 heterocycles. The van der Waals surface area contributed by atoms with Crippen molar-refractivity contribution in [2.24, 2.45) is 5.41 Å². The first-order valence-electron chi connectivity index (χ1n) is 5.90. The van der Waals surface area contributed by atoms with Crippen molar-refractivity contribution in [3.63, 3.8) is 0 Å². The largest absolute Gasteiger partial charge is 0.316 e. The molecule has 3 heteroatoms. The second kappa shape index (κ2) is 7.14. The lowest BCUT2D eigenvalue weighted by Crippen LogP contribution is -2.24. The Morgan fingerprint density at radius 3 is 2.73 bits per heavy atom. The minimum absolute atomic E-state index is 0.369. The van der Waals surface area contributed by atoms with E-state index >= 15 is 0 Å². The quantitative estimate of drug-likeness (QED) is 0.614. The van der Waals surface area contributed by atoms with Crippen LogP contribution in [0.4, 0.5) is 0 Å². The van der Waals surface area contributed by atoms with E-state index < -0.39 is 0 Å². The predicted octanol–water partition coefficient (Wildman–Crippen LogP) is 2.80. The van der Waals surface area contributed by atoms with Crippen LogP contribution in [-0.2, 0) is 0 Å². The normalized spacial score (nSPS) is 17.3. The Bertz CT molecular complexity index is 206. The molecule has 86 valence electrons. The van der Waals surface area contributed by atoms with E-state index in [0.29, 0.717) is 5.41 Å². The molecule has 0 unspecified atom stereocenters. The molecular weight excluding hydrogens is 204 g/mol. The molecule has 1 aliphatic carbocycles. The summed E-state index contributed by atoms with van der Waals surface area (Å²) in [7, 11) is 0. The van der Waals surface area contributed by atoms with Gasteiger partial charge in [-0.05, 0) is 49.7 Å². The van der Waals surface area contributed by atoms with Crippen molar-refractivity contribution in [3.8, 4) is 6.07 Å². The standard InChI is InChI=1S/C12H22N2S/c1-15-10-4-2-3-9-14-11-12(5-6-12)7-8-13/h14H,2-7,9-11H2,1H3. The van der Waals surface area contributed by atoms with Crippen LogP contribution < -0.4 is 5.32 Å². The first-order valence-corrected chi connectivity index (χ1v) is 7.29. The third-order valence-corrected chi connectivity index (χ3v) is 3.81. The second-order valence-corrected chi connectivity index (χ2v) is 5.55. The average molecular weight is 226 g/mol. The first kappa shape index (κ1) is 12.9. The van der Waals surface area contributed by atoms with Gasteiger partial charge in [0, 0.05) is 13.0 Å². The van der Waals surface area contributed by atoms with Gasteiger partial charge in [-0.2, -0.15) is 17.0 Å². The summed E-state index contributed by atoms with van der Waals surface area (Å²) < 4.78 is 0. The third-order valence-electron chi connectivity index (χ3n) is 3.11. The van der Waals surface area contributed by atoms with Gasteiger partial charge in [0.2, 0.25) is 0 Å². The zero-order chi connectivity index (χ0) is 11.0. The Morgan fingerprint density at radius 2 is 2.13 bits per heavy atom. The number of unbranched alkanes of at least 4 members (excludes halogenated alkanes) is 2. The number of rotatable bonds is 9. The summed E-state index contributed by atoms with van der Waals surface area (Å²) in [5.41, 5.74) is 0.369. The van der Waals surface area contributed by atoms with Crippen molar-refractivity contribution in [2.45, 2.75) is 38.5 Å². The number of thioether (sulfide) groups is 1. The van der Waals surface area contributed by atoms with Crippen LogP contribution >= 0.6 is 11.8 Å². The van der Waals surface area contributed by atoms with Crippen LogP contribution in [0.5, 0.6) is 0 Å². The lowest BCUT2D eigenvalue weighted by molar-refractivity contribution is 0.460. The molecule has 0 saturated heterocycles. The lowest BCUT2D eigenvalue weighted by atomic mass is 10.0. The van der Waals surface area contributed by atoms with Crippen LogP contribution in [0.15, 0.2) is 0 Å². The van der Waals surface area contributed by atoms with Crippen molar-refractivity contribution in [2.75, 3.05) is 25.1 Å².